The predicted molar refractivity (Wildman–Crippen MR) is 124 cm³/mol. The largest absolute Gasteiger partial charge is 0.355 e. The minimum Gasteiger partial charge on any atom is -0.355 e. The lowest BCUT2D eigenvalue weighted by Gasteiger charge is -2.11. The highest BCUT2D eigenvalue weighted by Crippen LogP contribution is 2.29. The second-order valence-corrected chi connectivity index (χ2v) is 8.12. The summed E-state index contributed by atoms with van der Waals surface area (Å²) in [5, 5.41) is 12.5. The van der Waals surface area contributed by atoms with Crippen molar-refractivity contribution in [1.82, 2.24) is 20.0 Å². The van der Waals surface area contributed by atoms with Crippen LogP contribution in [0.15, 0.2) is 79.0 Å². The number of benzene rings is 3. The topological polar surface area (TPSA) is 55.6 Å². The van der Waals surface area contributed by atoms with Crippen LogP contribution in [0.1, 0.15) is 0 Å². The Hall–Kier alpha value is -3.40. The van der Waals surface area contributed by atoms with E-state index in [0.717, 1.165) is 20.2 Å². The molecule has 0 aliphatic heterocycles. The Morgan fingerprint density at radius 3 is 2.48 bits per heavy atom. The molecule has 0 aliphatic rings. The van der Waals surface area contributed by atoms with Gasteiger partial charge in [-0.15, -0.1) is 5.10 Å². The van der Waals surface area contributed by atoms with Gasteiger partial charge in [0, 0.05) is 20.3 Å². The van der Waals surface area contributed by atoms with Crippen LogP contribution in [0.4, 0.5) is 20.2 Å². The lowest BCUT2D eigenvalue weighted by atomic mass is 10.1. The summed E-state index contributed by atoms with van der Waals surface area (Å²) < 4.78 is 29.3. The molecule has 8 heteroatoms. The second kappa shape index (κ2) is 8.03. The number of nitrogens with zero attached hydrogens (tertiary/aromatic N) is 4. The molecule has 152 valence electrons. The number of fused-ring (bicyclic) bond motifs is 1. The Morgan fingerprint density at radius 1 is 0.839 bits per heavy atom. The number of anilines is 2. The highest BCUT2D eigenvalue weighted by atomic mass is 127. The van der Waals surface area contributed by atoms with Crippen LogP contribution in [0.5, 0.6) is 0 Å². The van der Waals surface area contributed by atoms with Gasteiger partial charge < -0.3 is 5.32 Å². The molecule has 0 saturated heterocycles. The quantitative estimate of drug-likeness (QED) is 0.288. The summed E-state index contributed by atoms with van der Waals surface area (Å²) in [7, 11) is 0. The molecule has 0 fully saturated rings. The van der Waals surface area contributed by atoms with Crippen LogP contribution in [0.2, 0.25) is 0 Å². The molecule has 1 N–H and O–H groups in total. The molecular formula is C23H14F2IN5. The van der Waals surface area contributed by atoms with Gasteiger partial charge in [0.15, 0.2) is 0 Å². The van der Waals surface area contributed by atoms with Crippen LogP contribution in [-0.4, -0.2) is 20.0 Å². The molecule has 3 aromatic carbocycles. The maximum atomic E-state index is 13.7. The van der Waals surface area contributed by atoms with E-state index in [-0.39, 0.29) is 11.6 Å². The Bertz CT molecular complexity index is 1380. The minimum atomic E-state index is -0.308. The zero-order valence-corrected chi connectivity index (χ0v) is 18.1. The van der Waals surface area contributed by atoms with Crippen molar-refractivity contribution in [3.63, 3.8) is 0 Å². The van der Waals surface area contributed by atoms with Crippen LogP contribution < -0.4 is 5.32 Å². The molecule has 0 amide bonds. The second-order valence-electron chi connectivity index (χ2n) is 6.88. The normalized spacial score (nSPS) is 11.1. The Labute approximate surface area is 189 Å². The lowest BCUT2D eigenvalue weighted by molar-refractivity contribution is 0.626. The number of nitrogens with one attached hydrogen (secondary N) is 1. The molecule has 0 unspecified atom stereocenters. The fourth-order valence-corrected chi connectivity index (χ4v) is 3.92. The first-order valence-electron chi connectivity index (χ1n) is 9.37. The fourth-order valence-electron chi connectivity index (χ4n) is 3.29. The molecule has 0 bridgehead atoms. The first kappa shape index (κ1) is 19.6. The zero-order valence-electron chi connectivity index (χ0n) is 15.9. The van der Waals surface area contributed by atoms with Crippen LogP contribution in [0, 0.1) is 15.2 Å². The third-order valence-corrected chi connectivity index (χ3v) is 5.34. The lowest BCUT2D eigenvalue weighted by Crippen LogP contribution is -1.95. The van der Waals surface area contributed by atoms with E-state index >= 15 is 0 Å². The predicted octanol–water partition coefficient (Wildman–Crippen LogP) is 6.11. The molecule has 0 aliphatic carbocycles. The summed E-state index contributed by atoms with van der Waals surface area (Å²) in [6.07, 6.45) is 1.75. The van der Waals surface area contributed by atoms with E-state index < -0.39 is 0 Å². The van der Waals surface area contributed by atoms with Gasteiger partial charge in [0.1, 0.15) is 17.3 Å². The molecule has 2 aromatic heterocycles. The van der Waals surface area contributed by atoms with E-state index in [1.54, 1.807) is 23.0 Å². The van der Waals surface area contributed by atoms with Crippen LogP contribution in [0.25, 0.3) is 28.0 Å². The molecule has 0 radical (unpaired) electrons. The van der Waals surface area contributed by atoms with Crippen LogP contribution in [0.3, 0.4) is 0 Å². The molecule has 2 heterocycles. The third-order valence-electron chi connectivity index (χ3n) is 4.72. The molecule has 5 aromatic rings. The number of pyridine rings is 1. The van der Waals surface area contributed by atoms with E-state index in [1.807, 2.05) is 36.4 Å². The van der Waals surface area contributed by atoms with Crippen molar-refractivity contribution in [2.75, 3.05) is 5.32 Å². The molecule has 5 rings (SSSR count). The summed E-state index contributed by atoms with van der Waals surface area (Å²) in [6.45, 7) is 0. The average molecular weight is 525 g/mol. The van der Waals surface area contributed by atoms with Crippen molar-refractivity contribution < 1.29 is 8.78 Å². The summed E-state index contributed by atoms with van der Waals surface area (Å²) in [6, 6.07) is 20.3. The van der Waals surface area contributed by atoms with E-state index in [0.29, 0.717) is 22.8 Å². The highest BCUT2D eigenvalue weighted by Gasteiger charge is 2.10. The van der Waals surface area contributed by atoms with Gasteiger partial charge in [-0.05, 0) is 89.3 Å². The average Bonchev–Trinajstić information content (AvgIpc) is 3.24. The van der Waals surface area contributed by atoms with Gasteiger partial charge in [-0.25, -0.2) is 18.4 Å². The first-order valence-corrected chi connectivity index (χ1v) is 10.4. The van der Waals surface area contributed by atoms with E-state index in [9.17, 15) is 8.78 Å². The maximum Gasteiger partial charge on any atom is 0.131 e. The van der Waals surface area contributed by atoms with Gasteiger partial charge in [-0.1, -0.05) is 11.3 Å². The van der Waals surface area contributed by atoms with Crippen molar-refractivity contribution in [2.45, 2.75) is 0 Å². The Balaban J connectivity index is 1.48. The van der Waals surface area contributed by atoms with Crippen molar-refractivity contribution in [2.24, 2.45) is 0 Å². The molecule has 31 heavy (non-hydrogen) atoms. The fraction of sp³-hybridized carbons (Fsp3) is 0. The van der Waals surface area contributed by atoms with E-state index in [4.69, 9.17) is 4.98 Å². The molecule has 0 atom stereocenters. The molecule has 5 nitrogen and oxygen atoms in total. The van der Waals surface area contributed by atoms with E-state index in [2.05, 4.69) is 38.2 Å². The summed E-state index contributed by atoms with van der Waals surface area (Å²) >= 11 is 2.08. The number of rotatable bonds is 4. The van der Waals surface area contributed by atoms with E-state index in [1.165, 1.54) is 24.3 Å². The number of halogens is 3. The van der Waals surface area contributed by atoms with Gasteiger partial charge in [0.25, 0.3) is 0 Å². The van der Waals surface area contributed by atoms with Gasteiger partial charge in [-0.3, -0.25) is 0 Å². The maximum absolute atomic E-state index is 13.7. The van der Waals surface area contributed by atoms with Crippen molar-refractivity contribution in [3.8, 4) is 17.1 Å². The Morgan fingerprint density at radius 2 is 1.68 bits per heavy atom. The summed E-state index contributed by atoms with van der Waals surface area (Å²) in [4.78, 5) is 4.71. The third kappa shape index (κ3) is 4.11. The molecule has 0 saturated carbocycles. The molecular weight excluding hydrogens is 511 g/mol. The monoisotopic (exact) mass is 525 g/mol. The standard InChI is InChI=1S/C23H14F2IN5/c24-14-4-6-18(7-5-14)31-13-23(29-30-31)22-9-8-19-20(2-1-3-21(19)28-22)27-17-11-15(25)10-16(26)12-17/h1-13,27H. The number of hydrogen-bond acceptors (Lipinski definition) is 4. The summed E-state index contributed by atoms with van der Waals surface area (Å²) in [5.74, 6) is -0.600. The SMILES string of the molecule is Fc1ccc(-n2cc(-c3ccc4c(Nc5cc(F)cc(I)c5)cccc4n3)nn2)cc1. The molecule has 0 spiro atoms. The van der Waals surface area contributed by atoms with Gasteiger partial charge in [0.2, 0.25) is 0 Å². The van der Waals surface area contributed by atoms with Gasteiger partial charge in [-0.2, -0.15) is 0 Å². The van der Waals surface area contributed by atoms with Gasteiger partial charge in [0.05, 0.1) is 23.1 Å². The minimum absolute atomic E-state index is 0.292. The highest BCUT2D eigenvalue weighted by molar-refractivity contribution is 14.1. The van der Waals surface area contributed by atoms with Crippen LogP contribution >= 0.6 is 22.6 Å². The number of aromatic nitrogens is 4. The van der Waals surface area contributed by atoms with Gasteiger partial charge >= 0.3 is 0 Å². The summed E-state index contributed by atoms with van der Waals surface area (Å²) in [5.41, 5.74) is 4.24. The first-order chi connectivity index (χ1) is 15.0. The van der Waals surface area contributed by atoms with Crippen molar-refractivity contribution in [1.29, 1.82) is 0 Å². The van der Waals surface area contributed by atoms with Crippen LogP contribution in [-0.2, 0) is 0 Å². The number of hydrogen-bond donors (Lipinski definition) is 1. The Kier molecular flexibility index (Phi) is 5.06. The zero-order chi connectivity index (χ0) is 21.4. The smallest absolute Gasteiger partial charge is 0.131 e. The van der Waals surface area contributed by atoms with Crippen molar-refractivity contribution in [3.05, 3.63) is 94.2 Å². The van der Waals surface area contributed by atoms with Crippen molar-refractivity contribution >= 4 is 44.9 Å².